The number of hydrogen-bond donors (Lipinski definition) is 1. The van der Waals surface area contributed by atoms with Crippen LogP contribution in [-0.2, 0) is 0 Å². The highest BCUT2D eigenvalue weighted by molar-refractivity contribution is 6.33. The average molecular weight is 306 g/mol. The quantitative estimate of drug-likeness (QED) is 0.918. The van der Waals surface area contributed by atoms with Gasteiger partial charge in [-0.2, -0.15) is 0 Å². The summed E-state index contributed by atoms with van der Waals surface area (Å²) in [6, 6.07) is 11.5. The van der Waals surface area contributed by atoms with Crippen LogP contribution < -0.4 is 10.1 Å². The standard InChI is InChI=1S/C16H13ClFNO2/c17-11-5-3-6-12(18)15(11)16(20)19-13-8-9-21-14-7-2-1-4-10(13)14/h1-7,13H,8-9H2,(H,19,20)/t13-/m0/s1. The maximum atomic E-state index is 13.8. The van der Waals surface area contributed by atoms with Gasteiger partial charge < -0.3 is 10.1 Å². The van der Waals surface area contributed by atoms with E-state index in [9.17, 15) is 9.18 Å². The summed E-state index contributed by atoms with van der Waals surface area (Å²) in [6.45, 7) is 0.507. The van der Waals surface area contributed by atoms with E-state index in [2.05, 4.69) is 5.32 Å². The van der Waals surface area contributed by atoms with Crippen LogP contribution in [0, 0.1) is 5.82 Å². The van der Waals surface area contributed by atoms with Crippen molar-refractivity contribution in [1.29, 1.82) is 0 Å². The molecular formula is C16H13ClFNO2. The number of rotatable bonds is 2. The largest absolute Gasteiger partial charge is 0.493 e. The zero-order valence-corrected chi connectivity index (χ0v) is 11.9. The number of carbonyl (C=O) groups is 1. The van der Waals surface area contributed by atoms with Crippen molar-refractivity contribution in [3.63, 3.8) is 0 Å². The SMILES string of the molecule is O=C(N[C@H]1CCOc2ccccc21)c1c(F)cccc1Cl. The van der Waals surface area contributed by atoms with Gasteiger partial charge in [0.15, 0.2) is 0 Å². The van der Waals surface area contributed by atoms with E-state index in [0.717, 1.165) is 11.3 Å². The molecular weight excluding hydrogens is 293 g/mol. The number of carbonyl (C=O) groups excluding carboxylic acids is 1. The van der Waals surface area contributed by atoms with Crippen LogP contribution >= 0.6 is 11.6 Å². The summed E-state index contributed by atoms with van der Waals surface area (Å²) in [6.07, 6.45) is 0.634. The third kappa shape index (κ3) is 2.72. The molecule has 0 saturated heterocycles. The van der Waals surface area contributed by atoms with Crippen molar-refractivity contribution in [2.24, 2.45) is 0 Å². The zero-order chi connectivity index (χ0) is 14.8. The molecule has 0 saturated carbocycles. The summed E-state index contributed by atoms with van der Waals surface area (Å²) < 4.78 is 19.3. The number of benzene rings is 2. The number of para-hydroxylation sites is 1. The van der Waals surface area contributed by atoms with E-state index >= 15 is 0 Å². The molecule has 0 aromatic heterocycles. The Hall–Kier alpha value is -2.07. The first-order valence-electron chi connectivity index (χ1n) is 6.63. The van der Waals surface area contributed by atoms with E-state index in [4.69, 9.17) is 16.3 Å². The van der Waals surface area contributed by atoms with E-state index in [1.165, 1.54) is 18.2 Å². The summed E-state index contributed by atoms with van der Waals surface area (Å²) in [7, 11) is 0. The van der Waals surface area contributed by atoms with Crippen molar-refractivity contribution < 1.29 is 13.9 Å². The molecule has 3 rings (SSSR count). The minimum atomic E-state index is -0.625. The third-order valence-corrected chi connectivity index (χ3v) is 3.77. The Morgan fingerprint density at radius 1 is 1.24 bits per heavy atom. The molecule has 1 heterocycles. The predicted octanol–water partition coefficient (Wildman–Crippen LogP) is 3.73. The minimum Gasteiger partial charge on any atom is -0.493 e. The zero-order valence-electron chi connectivity index (χ0n) is 11.1. The predicted molar refractivity (Wildman–Crippen MR) is 78.2 cm³/mol. The number of hydrogen-bond acceptors (Lipinski definition) is 2. The summed E-state index contributed by atoms with van der Waals surface area (Å²) in [4.78, 5) is 12.3. The van der Waals surface area contributed by atoms with Gasteiger partial charge in [0.2, 0.25) is 0 Å². The molecule has 5 heteroatoms. The number of fused-ring (bicyclic) bond motifs is 1. The molecule has 0 bridgehead atoms. The Balaban J connectivity index is 1.86. The number of nitrogens with one attached hydrogen (secondary N) is 1. The van der Waals surface area contributed by atoms with Crippen LogP contribution in [0.4, 0.5) is 4.39 Å². The second-order valence-electron chi connectivity index (χ2n) is 4.80. The summed E-state index contributed by atoms with van der Waals surface area (Å²) in [5.74, 6) is -0.395. The Morgan fingerprint density at radius 2 is 2.05 bits per heavy atom. The molecule has 1 amide bonds. The molecule has 1 aliphatic rings. The second kappa shape index (κ2) is 5.74. The van der Waals surface area contributed by atoms with Gasteiger partial charge in [0.05, 0.1) is 23.2 Å². The number of amides is 1. The first-order valence-corrected chi connectivity index (χ1v) is 7.01. The van der Waals surface area contributed by atoms with E-state index < -0.39 is 11.7 Å². The summed E-state index contributed by atoms with van der Waals surface area (Å²) in [5.41, 5.74) is 0.771. The fourth-order valence-corrected chi connectivity index (χ4v) is 2.69. The lowest BCUT2D eigenvalue weighted by Gasteiger charge is -2.26. The smallest absolute Gasteiger partial charge is 0.256 e. The molecule has 0 spiro atoms. The molecule has 0 unspecified atom stereocenters. The van der Waals surface area contributed by atoms with Gasteiger partial charge in [-0.25, -0.2) is 4.39 Å². The van der Waals surface area contributed by atoms with Gasteiger partial charge in [0, 0.05) is 12.0 Å². The fourth-order valence-electron chi connectivity index (χ4n) is 2.44. The van der Waals surface area contributed by atoms with E-state index in [1.54, 1.807) is 0 Å². The Bertz CT molecular complexity index is 669. The molecule has 1 aliphatic heterocycles. The van der Waals surface area contributed by atoms with E-state index in [0.29, 0.717) is 13.0 Å². The second-order valence-corrected chi connectivity index (χ2v) is 5.20. The first-order chi connectivity index (χ1) is 10.2. The van der Waals surface area contributed by atoms with Gasteiger partial charge in [-0.3, -0.25) is 4.79 Å². The molecule has 0 radical (unpaired) electrons. The Labute approximate surface area is 126 Å². The third-order valence-electron chi connectivity index (χ3n) is 3.45. The van der Waals surface area contributed by atoms with E-state index in [1.807, 2.05) is 24.3 Å². The normalized spacial score (nSPS) is 16.8. The van der Waals surface area contributed by atoms with Gasteiger partial charge in [-0.1, -0.05) is 35.9 Å². The minimum absolute atomic E-state index is 0.104. The molecule has 21 heavy (non-hydrogen) atoms. The van der Waals surface area contributed by atoms with Crippen LogP contribution in [-0.4, -0.2) is 12.5 Å². The number of ether oxygens (including phenoxy) is 1. The van der Waals surface area contributed by atoms with Crippen LogP contribution in [0.1, 0.15) is 28.4 Å². The maximum absolute atomic E-state index is 13.8. The number of halogens is 2. The summed E-state index contributed by atoms with van der Waals surface area (Å²) in [5, 5.41) is 2.93. The van der Waals surface area contributed by atoms with Crippen molar-refractivity contribution in [2.75, 3.05) is 6.61 Å². The van der Waals surface area contributed by atoms with Crippen molar-refractivity contribution in [3.05, 3.63) is 64.4 Å². The van der Waals surface area contributed by atoms with Gasteiger partial charge in [-0.15, -0.1) is 0 Å². The summed E-state index contributed by atoms with van der Waals surface area (Å²) >= 11 is 5.92. The highest BCUT2D eigenvalue weighted by Crippen LogP contribution is 2.32. The van der Waals surface area contributed by atoms with Crippen LogP contribution in [0.3, 0.4) is 0 Å². The molecule has 0 fully saturated rings. The first kappa shape index (κ1) is 13.9. The van der Waals surface area contributed by atoms with Gasteiger partial charge in [0.25, 0.3) is 5.91 Å². The molecule has 1 atom stereocenters. The molecule has 1 N–H and O–H groups in total. The van der Waals surface area contributed by atoms with Crippen molar-refractivity contribution in [2.45, 2.75) is 12.5 Å². The Morgan fingerprint density at radius 3 is 2.86 bits per heavy atom. The lowest BCUT2D eigenvalue weighted by molar-refractivity contribution is 0.0921. The van der Waals surface area contributed by atoms with Crippen LogP contribution in [0.5, 0.6) is 5.75 Å². The van der Waals surface area contributed by atoms with Crippen molar-refractivity contribution in [3.8, 4) is 5.75 Å². The average Bonchev–Trinajstić information content (AvgIpc) is 2.47. The molecule has 0 aliphatic carbocycles. The maximum Gasteiger partial charge on any atom is 0.256 e. The molecule has 3 nitrogen and oxygen atoms in total. The van der Waals surface area contributed by atoms with Crippen LogP contribution in [0.2, 0.25) is 5.02 Å². The van der Waals surface area contributed by atoms with Gasteiger partial charge in [0.1, 0.15) is 11.6 Å². The lowest BCUT2D eigenvalue weighted by Crippen LogP contribution is -2.32. The van der Waals surface area contributed by atoms with Crippen molar-refractivity contribution in [1.82, 2.24) is 5.32 Å². The van der Waals surface area contributed by atoms with Gasteiger partial charge >= 0.3 is 0 Å². The highest BCUT2D eigenvalue weighted by atomic mass is 35.5. The monoisotopic (exact) mass is 305 g/mol. The van der Waals surface area contributed by atoms with Crippen molar-refractivity contribution >= 4 is 17.5 Å². The van der Waals surface area contributed by atoms with Crippen LogP contribution in [0.15, 0.2) is 42.5 Å². The molecule has 108 valence electrons. The Kier molecular flexibility index (Phi) is 3.80. The molecule has 2 aromatic rings. The lowest BCUT2D eigenvalue weighted by atomic mass is 10.00. The molecule has 2 aromatic carbocycles. The van der Waals surface area contributed by atoms with Crippen LogP contribution in [0.25, 0.3) is 0 Å². The van der Waals surface area contributed by atoms with Gasteiger partial charge in [-0.05, 0) is 18.2 Å². The topological polar surface area (TPSA) is 38.3 Å². The van der Waals surface area contributed by atoms with E-state index in [-0.39, 0.29) is 16.6 Å². The highest BCUT2D eigenvalue weighted by Gasteiger charge is 2.25. The fraction of sp³-hybridized carbons (Fsp3) is 0.188.